The molecule has 0 fully saturated rings. The average molecular weight is 547 g/mol. The summed E-state index contributed by atoms with van der Waals surface area (Å²) < 4.78 is 17.2. The van der Waals surface area contributed by atoms with Gasteiger partial charge in [0.25, 0.3) is 0 Å². The molecule has 38 heavy (non-hydrogen) atoms. The number of hydrogen-bond acceptors (Lipinski definition) is 5. The highest BCUT2D eigenvalue weighted by Gasteiger charge is 2.14. The average Bonchev–Trinajstić information content (AvgIpc) is 3.54. The number of benzene rings is 3. The zero-order chi connectivity index (χ0) is 26.8. The maximum absolute atomic E-state index is 12.7. The number of aromatic nitrogens is 1. The number of anilines is 1. The van der Waals surface area contributed by atoms with Crippen molar-refractivity contribution in [1.29, 1.82) is 0 Å². The van der Waals surface area contributed by atoms with Crippen molar-refractivity contribution in [1.82, 2.24) is 4.98 Å². The normalized spacial score (nSPS) is 11.5. The number of nitrogens with one attached hydrogen (secondary N) is 1. The summed E-state index contributed by atoms with van der Waals surface area (Å²) in [5, 5.41) is 3.87. The van der Waals surface area contributed by atoms with Crippen LogP contribution in [0.1, 0.15) is 31.1 Å². The lowest BCUT2D eigenvalue weighted by Gasteiger charge is -2.10. The number of carbonyl (C=O) groups is 1. The summed E-state index contributed by atoms with van der Waals surface area (Å²) in [5.41, 5.74) is 4.58. The second-order valence-electron chi connectivity index (χ2n) is 8.96. The molecule has 3 aromatic carbocycles. The fourth-order valence-corrected chi connectivity index (χ4v) is 4.48. The first-order chi connectivity index (χ1) is 18.3. The number of fused-ring (bicyclic) bond motifs is 1. The van der Waals surface area contributed by atoms with Gasteiger partial charge in [0, 0.05) is 22.2 Å². The molecule has 0 aliphatic carbocycles. The van der Waals surface area contributed by atoms with Gasteiger partial charge in [0.2, 0.25) is 11.8 Å². The van der Waals surface area contributed by atoms with E-state index in [0.29, 0.717) is 61.5 Å². The lowest BCUT2D eigenvalue weighted by Crippen LogP contribution is -2.09. The van der Waals surface area contributed by atoms with Crippen molar-refractivity contribution in [2.24, 2.45) is 0 Å². The fraction of sp³-hybridized carbons (Fsp3) is 0.133. The van der Waals surface area contributed by atoms with Crippen molar-refractivity contribution < 1.29 is 18.4 Å². The maximum Gasteiger partial charge on any atom is 0.248 e. The molecule has 0 saturated heterocycles. The van der Waals surface area contributed by atoms with Crippen molar-refractivity contribution in [3.05, 3.63) is 94.2 Å². The van der Waals surface area contributed by atoms with E-state index in [1.165, 1.54) is 11.6 Å². The van der Waals surface area contributed by atoms with Crippen molar-refractivity contribution >= 4 is 52.0 Å². The van der Waals surface area contributed by atoms with Crippen LogP contribution in [0.15, 0.2) is 81.6 Å². The Bertz CT molecular complexity index is 1670. The summed E-state index contributed by atoms with van der Waals surface area (Å²) in [6.07, 6.45) is 2.96. The van der Waals surface area contributed by atoms with Gasteiger partial charge in [-0.1, -0.05) is 43.1 Å². The molecule has 2 aromatic heterocycles. The minimum absolute atomic E-state index is 0.359. The van der Waals surface area contributed by atoms with E-state index in [2.05, 4.69) is 24.1 Å². The van der Waals surface area contributed by atoms with Crippen molar-refractivity contribution in [2.75, 3.05) is 12.4 Å². The van der Waals surface area contributed by atoms with Crippen LogP contribution in [0.3, 0.4) is 0 Å². The summed E-state index contributed by atoms with van der Waals surface area (Å²) in [6.45, 7) is 4.27. The van der Waals surface area contributed by atoms with Crippen LogP contribution < -0.4 is 10.1 Å². The number of hydrogen-bond donors (Lipinski definition) is 1. The van der Waals surface area contributed by atoms with Gasteiger partial charge in [-0.25, -0.2) is 4.98 Å². The highest BCUT2D eigenvalue weighted by molar-refractivity contribution is 6.36. The summed E-state index contributed by atoms with van der Waals surface area (Å²) in [4.78, 5) is 17.4. The Morgan fingerprint density at radius 2 is 1.84 bits per heavy atom. The lowest BCUT2D eigenvalue weighted by atomic mass is 10.0. The fourth-order valence-electron chi connectivity index (χ4n) is 3.97. The van der Waals surface area contributed by atoms with Gasteiger partial charge in [-0.05, 0) is 78.2 Å². The highest BCUT2D eigenvalue weighted by Crippen LogP contribution is 2.34. The Hall–Kier alpha value is -4.00. The van der Waals surface area contributed by atoms with Gasteiger partial charge in [0.05, 0.1) is 17.8 Å². The standard InChI is InChI=1S/C30H24Cl2N2O4/c1-17(2)18-4-11-28-25(14-18)34-30(38-28)19-5-10-27(36-3)24(15-19)33-29(35)13-8-21-7-12-26(37-21)22-9-6-20(31)16-23(22)32/h4-17H,1-3H3,(H,33,35)/b13-8+. The quantitative estimate of drug-likeness (QED) is 0.206. The van der Waals surface area contributed by atoms with Gasteiger partial charge >= 0.3 is 0 Å². The highest BCUT2D eigenvalue weighted by atomic mass is 35.5. The van der Waals surface area contributed by atoms with E-state index in [1.807, 2.05) is 24.3 Å². The van der Waals surface area contributed by atoms with Gasteiger partial charge < -0.3 is 18.9 Å². The summed E-state index contributed by atoms with van der Waals surface area (Å²) in [6, 6.07) is 20.1. The molecule has 1 amide bonds. The molecule has 0 aliphatic heterocycles. The molecule has 0 saturated carbocycles. The summed E-state index contributed by atoms with van der Waals surface area (Å²) in [5.74, 6) is 2.06. The Labute approximate surface area is 229 Å². The Morgan fingerprint density at radius 1 is 1.00 bits per heavy atom. The number of ether oxygens (including phenoxy) is 1. The topological polar surface area (TPSA) is 77.5 Å². The summed E-state index contributed by atoms with van der Waals surface area (Å²) in [7, 11) is 1.54. The largest absolute Gasteiger partial charge is 0.495 e. The number of amides is 1. The van der Waals surface area contributed by atoms with Gasteiger partial charge in [0.1, 0.15) is 22.8 Å². The molecule has 192 valence electrons. The third kappa shape index (κ3) is 5.47. The number of methoxy groups -OCH3 is 1. The molecule has 0 spiro atoms. The Balaban J connectivity index is 1.34. The van der Waals surface area contributed by atoms with Crippen LogP contribution in [0, 0.1) is 0 Å². The predicted molar refractivity (Wildman–Crippen MR) is 152 cm³/mol. The number of halogens is 2. The van der Waals surface area contributed by atoms with Gasteiger partial charge in [-0.15, -0.1) is 0 Å². The molecule has 1 N–H and O–H groups in total. The molecule has 0 unspecified atom stereocenters. The SMILES string of the molecule is COc1ccc(-c2nc3cc(C(C)C)ccc3o2)cc1NC(=O)/C=C/c1ccc(-c2ccc(Cl)cc2Cl)o1. The first-order valence-electron chi connectivity index (χ1n) is 11.9. The smallest absolute Gasteiger partial charge is 0.248 e. The first kappa shape index (κ1) is 25.6. The molecule has 5 rings (SSSR count). The van der Waals surface area contributed by atoms with E-state index < -0.39 is 0 Å². The molecular formula is C30H24Cl2N2O4. The molecule has 2 heterocycles. The van der Waals surface area contributed by atoms with Crippen LogP contribution in [0.4, 0.5) is 5.69 Å². The molecule has 0 atom stereocenters. The molecule has 5 aromatic rings. The zero-order valence-electron chi connectivity index (χ0n) is 20.9. The number of furan rings is 1. The number of oxazole rings is 1. The molecular weight excluding hydrogens is 523 g/mol. The second kappa shape index (κ2) is 10.8. The zero-order valence-corrected chi connectivity index (χ0v) is 22.4. The number of nitrogens with zero attached hydrogens (tertiary/aromatic N) is 1. The molecule has 0 aliphatic rings. The van der Waals surface area contributed by atoms with E-state index in [4.69, 9.17) is 36.8 Å². The number of rotatable bonds is 7. The van der Waals surface area contributed by atoms with Crippen molar-refractivity contribution in [3.63, 3.8) is 0 Å². The Kier molecular flexibility index (Phi) is 7.27. The van der Waals surface area contributed by atoms with Crippen LogP contribution >= 0.6 is 23.2 Å². The minimum atomic E-state index is -0.359. The van der Waals surface area contributed by atoms with Crippen molar-refractivity contribution in [3.8, 4) is 28.5 Å². The van der Waals surface area contributed by atoms with Crippen molar-refractivity contribution in [2.45, 2.75) is 19.8 Å². The number of carbonyl (C=O) groups excluding carboxylic acids is 1. The minimum Gasteiger partial charge on any atom is -0.495 e. The van der Waals surface area contributed by atoms with E-state index in [9.17, 15) is 4.79 Å². The van der Waals surface area contributed by atoms with Crippen LogP contribution in [0.2, 0.25) is 10.0 Å². The van der Waals surface area contributed by atoms with Gasteiger partial charge in [0.15, 0.2) is 5.58 Å². The van der Waals surface area contributed by atoms with Crippen LogP contribution in [0.5, 0.6) is 5.75 Å². The van der Waals surface area contributed by atoms with E-state index in [-0.39, 0.29) is 5.91 Å². The van der Waals surface area contributed by atoms with Crippen LogP contribution in [-0.2, 0) is 4.79 Å². The maximum atomic E-state index is 12.7. The first-order valence-corrected chi connectivity index (χ1v) is 12.7. The van der Waals surface area contributed by atoms with E-state index in [0.717, 1.165) is 5.52 Å². The summed E-state index contributed by atoms with van der Waals surface area (Å²) >= 11 is 12.2. The molecule has 6 nitrogen and oxygen atoms in total. The third-order valence-corrected chi connectivity index (χ3v) is 6.55. The molecule has 8 heteroatoms. The molecule has 0 bridgehead atoms. The van der Waals surface area contributed by atoms with E-state index in [1.54, 1.807) is 55.7 Å². The van der Waals surface area contributed by atoms with Gasteiger partial charge in [-0.3, -0.25) is 4.79 Å². The van der Waals surface area contributed by atoms with E-state index >= 15 is 0 Å². The van der Waals surface area contributed by atoms with Crippen LogP contribution in [0.25, 0.3) is 40.0 Å². The van der Waals surface area contributed by atoms with Crippen LogP contribution in [-0.4, -0.2) is 18.0 Å². The third-order valence-electron chi connectivity index (χ3n) is 6.00. The Morgan fingerprint density at radius 3 is 2.61 bits per heavy atom. The lowest BCUT2D eigenvalue weighted by molar-refractivity contribution is -0.111. The van der Waals surface area contributed by atoms with Gasteiger partial charge in [-0.2, -0.15) is 0 Å². The second-order valence-corrected chi connectivity index (χ2v) is 9.81. The predicted octanol–water partition coefficient (Wildman–Crippen LogP) is 8.85. The molecule has 0 radical (unpaired) electrons. The monoisotopic (exact) mass is 546 g/mol.